The van der Waals surface area contributed by atoms with Crippen molar-refractivity contribution < 1.29 is 17.6 Å². The maximum Gasteiger partial charge on any atom is 0.246 e. The monoisotopic (exact) mass is 535 g/mol. The van der Waals surface area contributed by atoms with E-state index in [-0.39, 0.29) is 23.4 Å². The molecule has 2 aromatic heterocycles. The molecule has 38 heavy (non-hydrogen) atoms. The van der Waals surface area contributed by atoms with E-state index >= 15 is 0 Å². The highest BCUT2D eigenvalue weighted by Crippen LogP contribution is 2.34. The number of nitrogens with one attached hydrogen (secondary N) is 1. The van der Waals surface area contributed by atoms with Crippen molar-refractivity contribution >= 4 is 32.8 Å². The summed E-state index contributed by atoms with van der Waals surface area (Å²) in [5.41, 5.74) is 8.91. The zero-order chi connectivity index (χ0) is 26.9. The highest BCUT2D eigenvalue weighted by atomic mass is 32.2. The van der Waals surface area contributed by atoms with E-state index < -0.39 is 15.8 Å². The van der Waals surface area contributed by atoms with Crippen LogP contribution in [0.4, 0.5) is 10.2 Å². The van der Waals surface area contributed by atoms with Crippen molar-refractivity contribution in [2.24, 2.45) is 0 Å². The van der Waals surface area contributed by atoms with Gasteiger partial charge in [-0.1, -0.05) is 30.8 Å². The van der Waals surface area contributed by atoms with Gasteiger partial charge in [0, 0.05) is 25.2 Å². The number of piperidine rings is 1. The van der Waals surface area contributed by atoms with E-state index in [4.69, 9.17) is 10.8 Å². The molecule has 196 valence electrons. The summed E-state index contributed by atoms with van der Waals surface area (Å²) >= 11 is 0. The van der Waals surface area contributed by atoms with Gasteiger partial charge < -0.3 is 10.6 Å². The third-order valence-corrected chi connectivity index (χ3v) is 7.98. The molecule has 1 fully saturated rings. The van der Waals surface area contributed by atoms with E-state index in [1.807, 2.05) is 16.8 Å². The van der Waals surface area contributed by atoms with Gasteiger partial charge in [0.1, 0.15) is 23.7 Å². The van der Waals surface area contributed by atoms with Gasteiger partial charge in [-0.25, -0.2) is 32.2 Å². The molecule has 4 aromatic rings. The Morgan fingerprint density at radius 1 is 1.16 bits per heavy atom. The quantitative estimate of drug-likeness (QED) is 0.347. The number of benzene rings is 2. The van der Waals surface area contributed by atoms with Crippen LogP contribution in [0.25, 0.3) is 22.3 Å². The number of amides is 1. The first kappa shape index (κ1) is 25.5. The zero-order valence-electron chi connectivity index (χ0n) is 20.4. The number of rotatable bonds is 7. The lowest BCUT2D eigenvalue weighted by Crippen LogP contribution is -2.40. The number of hydrogen-bond donors (Lipinski definition) is 2. The van der Waals surface area contributed by atoms with Gasteiger partial charge in [-0.2, -0.15) is 5.10 Å². The summed E-state index contributed by atoms with van der Waals surface area (Å²) < 4.78 is 42.5. The number of hydrogen-bond acceptors (Lipinski definition) is 7. The molecular formula is C26H26FN7O3S. The van der Waals surface area contributed by atoms with Gasteiger partial charge in [-0.05, 0) is 48.7 Å². The van der Waals surface area contributed by atoms with Crippen LogP contribution in [0.5, 0.6) is 0 Å². The minimum absolute atomic E-state index is 0.0147. The molecular weight excluding hydrogens is 509 g/mol. The van der Waals surface area contributed by atoms with Gasteiger partial charge in [-0.3, -0.25) is 4.79 Å². The molecule has 12 heteroatoms. The summed E-state index contributed by atoms with van der Waals surface area (Å²) in [4.78, 5) is 22.5. The lowest BCUT2D eigenvalue weighted by molar-refractivity contribution is -0.127. The Hall–Kier alpha value is -4.16. The largest absolute Gasteiger partial charge is 0.383 e. The van der Waals surface area contributed by atoms with Gasteiger partial charge >= 0.3 is 0 Å². The highest BCUT2D eigenvalue weighted by Gasteiger charge is 2.28. The SMILES string of the molecule is C=CC(=O)N1CCCC(n2nc(-c3ccc(CNS(=O)(=O)c4ccc(F)cc4)cc3)c3c(N)ncnc32)C1. The standard InChI is InChI=1S/C26H26FN7O3S/c1-2-22(35)33-13-3-4-20(15-33)34-26-23(25(28)29-16-30-26)24(32-34)18-7-5-17(6-8-18)14-31-38(36,37)21-11-9-19(27)10-12-21/h2,5-12,16,20,31H,1,3-4,13-15H2,(H2,28,29,30). The van der Waals surface area contributed by atoms with Crippen LogP contribution in [-0.4, -0.2) is 52.1 Å². The lowest BCUT2D eigenvalue weighted by Gasteiger charge is -2.32. The van der Waals surface area contributed by atoms with Crippen LogP contribution in [0, 0.1) is 5.82 Å². The molecule has 0 spiro atoms. The number of nitrogens with two attached hydrogens (primary N) is 1. The first-order valence-corrected chi connectivity index (χ1v) is 13.5. The van der Waals surface area contributed by atoms with Gasteiger partial charge in [0.2, 0.25) is 15.9 Å². The Labute approximate surface area is 219 Å². The molecule has 1 atom stereocenters. The Morgan fingerprint density at radius 3 is 2.61 bits per heavy atom. The molecule has 2 aromatic carbocycles. The van der Waals surface area contributed by atoms with Crippen molar-refractivity contribution in [2.45, 2.75) is 30.3 Å². The molecule has 1 amide bonds. The minimum atomic E-state index is -3.79. The van der Waals surface area contributed by atoms with Gasteiger partial charge in [0.25, 0.3) is 0 Å². The summed E-state index contributed by atoms with van der Waals surface area (Å²) in [7, 11) is -3.79. The predicted molar refractivity (Wildman–Crippen MR) is 141 cm³/mol. The third kappa shape index (κ3) is 5.00. The molecule has 1 aliphatic rings. The Bertz CT molecular complexity index is 1600. The van der Waals surface area contributed by atoms with Crippen molar-refractivity contribution in [3.8, 4) is 11.3 Å². The normalized spacial score (nSPS) is 16.0. The maximum absolute atomic E-state index is 13.1. The summed E-state index contributed by atoms with van der Waals surface area (Å²) in [5, 5.41) is 5.47. The fourth-order valence-electron chi connectivity index (χ4n) is 4.59. The number of likely N-dealkylation sites (tertiary alicyclic amines) is 1. The summed E-state index contributed by atoms with van der Waals surface area (Å²) in [6, 6.07) is 11.8. The van der Waals surface area contributed by atoms with Crippen LogP contribution < -0.4 is 10.5 Å². The first-order valence-electron chi connectivity index (χ1n) is 12.0. The topological polar surface area (TPSA) is 136 Å². The number of anilines is 1. The molecule has 1 unspecified atom stereocenters. The number of aromatic nitrogens is 4. The van der Waals surface area contributed by atoms with E-state index in [0.717, 1.165) is 36.1 Å². The molecule has 1 aliphatic heterocycles. The molecule has 0 radical (unpaired) electrons. The average molecular weight is 536 g/mol. The van der Waals surface area contributed by atoms with Crippen molar-refractivity contribution in [3.63, 3.8) is 0 Å². The van der Waals surface area contributed by atoms with Crippen LogP contribution in [0.2, 0.25) is 0 Å². The summed E-state index contributed by atoms with van der Waals surface area (Å²) in [5.74, 6) is -0.333. The predicted octanol–water partition coefficient (Wildman–Crippen LogP) is 3.04. The fourth-order valence-corrected chi connectivity index (χ4v) is 5.61. The maximum atomic E-state index is 13.1. The summed E-state index contributed by atoms with van der Waals surface area (Å²) in [6.45, 7) is 4.79. The summed E-state index contributed by atoms with van der Waals surface area (Å²) in [6.07, 6.45) is 4.36. The third-order valence-electron chi connectivity index (χ3n) is 6.56. The van der Waals surface area contributed by atoms with E-state index in [0.29, 0.717) is 35.6 Å². The molecule has 0 bridgehead atoms. The lowest BCUT2D eigenvalue weighted by atomic mass is 10.1. The minimum Gasteiger partial charge on any atom is -0.383 e. The van der Waals surface area contributed by atoms with Crippen LogP contribution >= 0.6 is 0 Å². The van der Waals surface area contributed by atoms with Crippen molar-refractivity contribution in [1.29, 1.82) is 0 Å². The number of nitrogens with zero attached hydrogens (tertiary/aromatic N) is 5. The van der Waals surface area contributed by atoms with Crippen molar-refractivity contribution in [1.82, 2.24) is 29.4 Å². The van der Waals surface area contributed by atoms with E-state index in [9.17, 15) is 17.6 Å². The number of fused-ring (bicyclic) bond motifs is 1. The van der Waals surface area contributed by atoms with E-state index in [1.165, 1.54) is 24.5 Å². The molecule has 3 N–H and O–H groups in total. The second-order valence-electron chi connectivity index (χ2n) is 9.01. The smallest absolute Gasteiger partial charge is 0.246 e. The van der Waals surface area contributed by atoms with Crippen LogP contribution in [0.15, 0.2) is 72.4 Å². The van der Waals surface area contributed by atoms with Crippen LogP contribution in [0.3, 0.4) is 0 Å². The van der Waals surface area contributed by atoms with Crippen LogP contribution in [0.1, 0.15) is 24.4 Å². The molecule has 3 heterocycles. The second-order valence-corrected chi connectivity index (χ2v) is 10.8. The highest BCUT2D eigenvalue weighted by molar-refractivity contribution is 7.89. The first-order chi connectivity index (χ1) is 18.3. The molecule has 0 saturated carbocycles. The zero-order valence-corrected chi connectivity index (χ0v) is 21.2. The Morgan fingerprint density at radius 2 is 1.89 bits per heavy atom. The molecule has 10 nitrogen and oxygen atoms in total. The number of sulfonamides is 1. The second kappa shape index (κ2) is 10.3. The number of carbonyl (C=O) groups excluding carboxylic acids is 1. The van der Waals surface area contributed by atoms with Crippen LogP contribution in [-0.2, 0) is 21.4 Å². The Kier molecular flexibility index (Phi) is 6.91. The van der Waals surface area contributed by atoms with E-state index in [2.05, 4.69) is 21.3 Å². The van der Waals surface area contributed by atoms with Gasteiger partial charge in [-0.15, -0.1) is 0 Å². The Balaban J connectivity index is 1.40. The molecule has 1 saturated heterocycles. The fraction of sp³-hybridized carbons (Fsp3) is 0.231. The number of halogens is 1. The molecule has 5 rings (SSSR count). The number of carbonyl (C=O) groups is 1. The average Bonchev–Trinajstić information content (AvgIpc) is 3.33. The van der Waals surface area contributed by atoms with Gasteiger partial charge in [0.05, 0.1) is 16.3 Å². The molecule has 0 aliphatic carbocycles. The van der Waals surface area contributed by atoms with E-state index in [1.54, 1.807) is 17.0 Å². The number of nitrogen functional groups attached to an aromatic ring is 1. The van der Waals surface area contributed by atoms with Crippen molar-refractivity contribution in [2.75, 3.05) is 18.8 Å². The van der Waals surface area contributed by atoms with Gasteiger partial charge in [0.15, 0.2) is 5.65 Å². The van der Waals surface area contributed by atoms with Crippen molar-refractivity contribution in [3.05, 3.63) is 78.9 Å².